The number of para-hydroxylation sites is 1. The van der Waals surface area contributed by atoms with Gasteiger partial charge in [-0.15, -0.1) is 0 Å². The lowest BCUT2D eigenvalue weighted by atomic mass is 10.2. The molecule has 18 heavy (non-hydrogen) atoms. The molecule has 0 spiro atoms. The van der Waals surface area contributed by atoms with E-state index in [2.05, 4.69) is 15.3 Å². The zero-order valence-corrected chi connectivity index (χ0v) is 10.7. The van der Waals surface area contributed by atoms with Crippen LogP contribution in [-0.2, 0) is 6.54 Å². The van der Waals surface area contributed by atoms with Crippen LogP contribution in [-0.4, -0.2) is 23.6 Å². The van der Waals surface area contributed by atoms with Crippen molar-refractivity contribution >= 4 is 0 Å². The van der Waals surface area contributed by atoms with Crippen LogP contribution in [0.3, 0.4) is 0 Å². The number of nitrogens with zero attached hydrogens (tertiary/aromatic N) is 2. The first-order valence-corrected chi connectivity index (χ1v) is 6.03. The van der Waals surface area contributed by atoms with E-state index in [-0.39, 0.29) is 0 Å². The number of hydrogen-bond donors (Lipinski definition) is 1. The smallest absolute Gasteiger partial charge is 0.162 e. The Balaban J connectivity index is 2.30. The van der Waals surface area contributed by atoms with Gasteiger partial charge in [0.05, 0.1) is 12.2 Å². The lowest BCUT2D eigenvalue weighted by Gasteiger charge is -2.09. The Morgan fingerprint density at radius 2 is 1.89 bits per heavy atom. The van der Waals surface area contributed by atoms with Crippen LogP contribution in [0.2, 0.25) is 0 Å². The Morgan fingerprint density at radius 1 is 1.17 bits per heavy atom. The maximum atomic E-state index is 5.58. The quantitative estimate of drug-likeness (QED) is 0.875. The predicted octanol–water partition coefficient (Wildman–Crippen LogP) is 2.26. The van der Waals surface area contributed by atoms with Gasteiger partial charge in [-0.05, 0) is 26.1 Å². The largest absolute Gasteiger partial charge is 0.493 e. The maximum absolute atomic E-state index is 5.58. The summed E-state index contributed by atoms with van der Waals surface area (Å²) in [6.07, 6.45) is 3.67. The van der Waals surface area contributed by atoms with E-state index in [1.165, 1.54) is 0 Å². The molecular weight excluding hydrogens is 226 g/mol. The van der Waals surface area contributed by atoms with Gasteiger partial charge in [0.2, 0.25) is 0 Å². The van der Waals surface area contributed by atoms with Gasteiger partial charge in [0.25, 0.3) is 0 Å². The van der Waals surface area contributed by atoms with Gasteiger partial charge >= 0.3 is 0 Å². The van der Waals surface area contributed by atoms with Crippen molar-refractivity contribution in [3.8, 4) is 17.1 Å². The van der Waals surface area contributed by atoms with Crippen LogP contribution < -0.4 is 10.1 Å². The Bertz CT molecular complexity index is 497. The van der Waals surface area contributed by atoms with Gasteiger partial charge < -0.3 is 10.1 Å². The van der Waals surface area contributed by atoms with Gasteiger partial charge in [-0.25, -0.2) is 9.97 Å². The van der Waals surface area contributed by atoms with E-state index in [0.29, 0.717) is 12.4 Å². The van der Waals surface area contributed by atoms with Crippen molar-refractivity contribution < 1.29 is 4.74 Å². The standard InChI is InChI=1S/C14H17N3O/c1-3-18-13-7-5-4-6-12(13)14-16-9-11(8-15-2)10-17-14/h4-7,9-10,15H,3,8H2,1-2H3. The molecule has 0 amide bonds. The molecular formula is C14H17N3O. The molecule has 94 valence electrons. The number of nitrogens with one attached hydrogen (secondary N) is 1. The highest BCUT2D eigenvalue weighted by Gasteiger charge is 2.07. The van der Waals surface area contributed by atoms with Crippen molar-refractivity contribution in [2.45, 2.75) is 13.5 Å². The van der Waals surface area contributed by atoms with Gasteiger partial charge in [0.15, 0.2) is 5.82 Å². The van der Waals surface area contributed by atoms with Crippen LogP contribution in [0.5, 0.6) is 5.75 Å². The molecule has 2 aromatic rings. The first-order chi connectivity index (χ1) is 8.85. The Morgan fingerprint density at radius 3 is 2.56 bits per heavy atom. The van der Waals surface area contributed by atoms with Crippen LogP contribution in [0.15, 0.2) is 36.7 Å². The molecule has 0 unspecified atom stereocenters. The van der Waals surface area contributed by atoms with Crippen LogP contribution in [0.1, 0.15) is 12.5 Å². The summed E-state index contributed by atoms with van der Waals surface area (Å²) in [5.41, 5.74) is 1.99. The van der Waals surface area contributed by atoms with Crippen molar-refractivity contribution in [3.63, 3.8) is 0 Å². The molecule has 2 rings (SSSR count). The SMILES string of the molecule is CCOc1ccccc1-c1ncc(CNC)cn1. The summed E-state index contributed by atoms with van der Waals surface area (Å²) in [5.74, 6) is 1.51. The molecule has 0 bridgehead atoms. The second-order valence-corrected chi connectivity index (χ2v) is 3.87. The molecule has 0 saturated heterocycles. The van der Waals surface area contributed by atoms with Crippen LogP contribution >= 0.6 is 0 Å². The van der Waals surface area contributed by atoms with E-state index in [0.717, 1.165) is 23.4 Å². The highest BCUT2D eigenvalue weighted by molar-refractivity contribution is 5.63. The molecule has 4 heteroatoms. The summed E-state index contributed by atoms with van der Waals surface area (Å²) in [6, 6.07) is 7.81. The van der Waals surface area contributed by atoms with E-state index in [1.54, 1.807) is 0 Å². The second-order valence-electron chi connectivity index (χ2n) is 3.87. The number of ether oxygens (including phenoxy) is 1. The van der Waals surface area contributed by atoms with Gasteiger partial charge in [0, 0.05) is 24.5 Å². The van der Waals surface area contributed by atoms with Gasteiger partial charge in [-0.1, -0.05) is 12.1 Å². The van der Waals surface area contributed by atoms with Crippen molar-refractivity contribution in [2.75, 3.05) is 13.7 Å². The summed E-state index contributed by atoms with van der Waals surface area (Å²) in [4.78, 5) is 8.76. The third-order valence-electron chi connectivity index (χ3n) is 2.51. The minimum Gasteiger partial charge on any atom is -0.493 e. The third kappa shape index (κ3) is 2.84. The summed E-state index contributed by atoms with van der Waals surface area (Å²) < 4.78 is 5.58. The molecule has 0 aliphatic heterocycles. The van der Waals surface area contributed by atoms with Crippen LogP contribution in [0.4, 0.5) is 0 Å². The second kappa shape index (κ2) is 6.12. The zero-order chi connectivity index (χ0) is 12.8. The molecule has 4 nitrogen and oxygen atoms in total. The fraction of sp³-hybridized carbons (Fsp3) is 0.286. The highest BCUT2D eigenvalue weighted by atomic mass is 16.5. The predicted molar refractivity (Wildman–Crippen MR) is 71.4 cm³/mol. The molecule has 1 N–H and O–H groups in total. The van der Waals surface area contributed by atoms with Crippen LogP contribution in [0.25, 0.3) is 11.4 Å². The number of rotatable bonds is 5. The molecule has 1 aromatic heterocycles. The Labute approximate surface area is 107 Å². The van der Waals surface area contributed by atoms with E-state index in [9.17, 15) is 0 Å². The lowest BCUT2D eigenvalue weighted by Crippen LogP contribution is -2.06. The maximum Gasteiger partial charge on any atom is 0.162 e. The molecule has 0 aliphatic rings. The number of aromatic nitrogens is 2. The Kier molecular flexibility index (Phi) is 4.25. The zero-order valence-electron chi connectivity index (χ0n) is 10.7. The monoisotopic (exact) mass is 243 g/mol. The Hall–Kier alpha value is -1.94. The molecule has 1 aromatic carbocycles. The van der Waals surface area contributed by atoms with Crippen molar-refractivity contribution in [3.05, 3.63) is 42.2 Å². The average molecular weight is 243 g/mol. The number of hydrogen-bond acceptors (Lipinski definition) is 4. The van der Waals surface area contributed by atoms with Crippen molar-refractivity contribution in [1.29, 1.82) is 0 Å². The fourth-order valence-electron chi connectivity index (χ4n) is 1.72. The minimum atomic E-state index is 0.634. The van der Waals surface area contributed by atoms with Gasteiger partial charge in [0.1, 0.15) is 5.75 Å². The third-order valence-corrected chi connectivity index (χ3v) is 2.51. The molecule has 1 heterocycles. The summed E-state index contributed by atoms with van der Waals surface area (Å²) in [5, 5.41) is 3.07. The van der Waals surface area contributed by atoms with Crippen molar-refractivity contribution in [2.24, 2.45) is 0 Å². The summed E-state index contributed by atoms with van der Waals surface area (Å²) in [6.45, 7) is 3.37. The molecule has 0 saturated carbocycles. The van der Waals surface area contributed by atoms with Gasteiger partial charge in [-0.2, -0.15) is 0 Å². The summed E-state index contributed by atoms with van der Waals surface area (Å²) >= 11 is 0. The minimum absolute atomic E-state index is 0.634. The van der Waals surface area contributed by atoms with Crippen LogP contribution in [0, 0.1) is 0 Å². The fourth-order valence-corrected chi connectivity index (χ4v) is 1.72. The first kappa shape index (κ1) is 12.5. The molecule has 0 fully saturated rings. The first-order valence-electron chi connectivity index (χ1n) is 6.03. The normalized spacial score (nSPS) is 10.3. The van der Waals surface area contributed by atoms with E-state index in [4.69, 9.17) is 4.74 Å². The molecule has 0 radical (unpaired) electrons. The van der Waals surface area contributed by atoms with E-state index < -0.39 is 0 Å². The molecule has 0 aliphatic carbocycles. The van der Waals surface area contributed by atoms with Crippen molar-refractivity contribution in [1.82, 2.24) is 15.3 Å². The van der Waals surface area contributed by atoms with E-state index in [1.807, 2.05) is 50.6 Å². The summed E-state index contributed by atoms with van der Waals surface area (Å²) in [7, 11) is 1.90. The van der Waals surface area contributed by atoms with E-state index >= 15 is 0 Å². The topological polar surface area (TPSA) is 47.0 Å². The number of benzene rings is 1. The lowest BCUT2D eigenvalue weighted by molar-refractivity contribution is 0.341. The van der Waals surface area contributed by atoms with Gasteiger partial charge in [-0.3, -0.25) is 0 Å². The average Bonchev–Trinajstić information content (AvgIpc) is 2.41. The highest BCUT2D eigenvalue weighted by Crippen LogP contribution is 2.26. The molecule has 0 atom stereocenters.